The minimum Gasteiger partial charge on any atom is -0.496 e. The van der Waals surface area contributed by atoms with E-state index in [1.54, 1.807) is 14.2 Å². The first-order valence-electron chi connectivity index (χ1n) is 9.12. The van der Waals surface area contributed by atoms with E-state index in [1.165, 1.54) is 0 Å². The predicted octanol–water partition coefficient (Wildman–Crippen LogP) is -0.375. The van der Waals surface area contributed by atoms with Crippen molar-refractivity contribution in [1.82, 2.24) is 21.5 Å². The monoisotopic (exact) mass is 376 g/mol. The molecular formula is C18H24N4O5. The number of rotatable bonds is 3. The summed E-state index contributed by atoms with van der Waals surface area (Å²) in [6, 6.07) is 3.22. The summed E-state index contributed by atoms with van der Waals surface area (Å²) in [5.41, 5.74) is 6.87. The molecule has 0 spiro atoms. The van der Waals surface area contributed by atoms with Crippen LogP contribution in [0.1, 0.15) is 24.3 Å². The summed E-state index contributed by atoms with van der Waals surface area (Å²) in [4.78, 5) is 24.7. The van der Waals surface area contributed by atoms with Crippen molar-refractivity contribution in [1.29, 1.82) is 0 Å². The first-order valence-corrected chi connectivity index (χ1v) is 9.12. The van der Waals surface area contributed by atoms with E-state index in [0.717, 1.165) is 12.0 Å². The number of fused-ring (bicyclic) bond motifs is 2. The van der Waals surface area contributed by atoms with Gasteiger partial charge in [0.05, 0.1) is 26.5 Å². The molecular weight excluding hydrogens is 352 g/mol. The van der Waals surface area contributed by atoms with Crippen LogP contribution in [0.25, 0.3) is 0 Å². The van der Waals surface area contributed by atoms with Crippen LogP contribution in [0.5, 0.6) is 17.2 Å². The Hall–Kier alpha value is -2.52. The Morgan fingerprint density at radius 3 is 2.67 bits per heavy atom. The van der Waals surface area contributed by atoms with Gasteiger partial charge < -0.3 is 24.8 Å². The van der Waals surface area contributed by atoms with Crippen LogP contribution in [0.2, 0.25) is 0 Å². The molecule has 3 aliphatic rings. The van der Waals surface area contributed by atoms with Gasteiger partial charge in [-0.2, -0.15) is 0 Å². The third kappa shape index (κ3) is 3.17. The molecule has 27 heavy (non-hydrogen) atoms. The molecule has 4 N–H and O–H groups in total. The van der Waals surface area contributed by atoms with Gasteiger partial charge in [0.15, 0.2) is 11.5 Å². The smallest absolute Gasteiger partial charge is 0.238 e. The molecule has 3 aliphatic heterocycles. The van der Waals surface area contributed by atoms with Crippen molar-refractivity contribution in [3.05, 3.63) is 17.7 Å². The Balaban J connectivity index is 1.76. The molecule has 2 fully saturated rings. The number of hydrogen-bond donors (Lipinski definition) is 4. The van der Waals surface area contributed by atoms with Gasteiger partial charge >= 0.3 is 0 Å². The molecule has 4 atom stereocenters. The molecule has 9 nitrogen and oxygen atoms in total. The second kappa shape index (κ2) is 7.24. The van der Waals surface area contributed by atoms with Crippen LogP contribution in [0.4, 0.5) is 0 Å². The van der Waals surface area contributed by atoms with Crippen LogP contribution in [0.15, 0.2) is 12.1 Å². The van der Waals surface area contributed by atoms with E-state index in [2.05, 4.69) is 21.5 Å². The summed E-state index contributed by atoms with van der Waals surface area (Å²) in [5, 5.41) is 5.59. The van der Waals surface area contributed by atoms with Crippen molar-refractivity contribution in [2.45, 2.75) is 31.0 Å². The number of piperidine rings is 1. The molecule has 2 amide bonds. The molecule has 3 heterocycles. The molecule has 2 saturated heterocycles. The van der Waals surface area contributed by atoms with E-state index in [0.29, 0.717) is 30.5 Å². The van der Waals surface area contributed by atoms with Gasteiger partial charge in [-0.3, -0.25) is 9.59 Å². The van der Waals surface area contributed by atoms with Crippen LogP contribution >= 0.6 is 0 Å². The van der Waals surface area contributed by atoms with Crippen LogP contribution in [-0.2, 0) is 9.59 Å². The predicted molar refractivity (Wildman–Crippen MR) is 95.5 cm³/mol. The minimum atomic E-state index is -0.480. The van der Waals surface area contributed by atoms with Gasteiger partial charge in [-0.1, -0.05) is 0 Å². The topological polar surface area (TPSA) is 110 Å². The first-order chi connectivity index (χ1) is 13.1. The zero-order valence-corrected chi connectivity index (χ0v) is 15.3. The number of likely N-dealkylation sites (N-methyl/N-ethyl adjacent to an activating group) is 1. The van der Waals surface area contributed by atoms with Crippen LogP contribution < -0.4 is 35.7 Å². The highest BCUT2D eigenvalue weighted by Gasteiger charge is 2.49. The number of carbonyl (C=O) groups excluding carboxylic acids is 2. The number of carbonyl (C=O) groups is 2. The van der Waals surface area contributed by atoms with Crippen molar-refractivity contribution < 1.29 is 23.8 Å². The molecule has 146 valence electrons. The number of methoxy groups -OCH3 is 1. The third-order valence-corrected chi connectivity index (χ3v) is 5.38. The van der Waals surface area contributed by atoms with E-state index in [9.17, 15) is 9.59 Å². The Labute approximate surface area is 157 Å². The minimum absolute atomic E-state index is 0.0812. The molecule has 4 rings (SSSR count). The molecule has 0 radical (unpaired) electrons. The molecule has 0 aliphatic carbocycles. The number of hydrazine groups is 1. The van der Waals surface area contributed by atoms with Crippen molar-refractivity contribution in [2.75, 3.05) is 27.4 Å². The third-order valence-electron chi connectivity index (χ3n) is 5.38. The fraction of sp³-hybridized carbons (Fsp3) is 0.556. The Morgan fingerprint density at radius 1 is 1.22 bits per heavy atom. The summed E-state index contributed by atoms with van der Waals surface area (Å²) < 4.78 is 17.2. The van der Waals surface area contributed by atoms with Crippen LogP contribution in [0, 0.1) is 5.92 Å². The van der Waals surface area contributed by atoms with Crippen molar-refractivity contribution in [2.24, 2.45) is 5.92 Å². The van der Waals surface area contributed by atoms with Crippen molar-refractivity contribution >= 4 is 11.8 Å². The Kier molecular flexibility index (Phi) is 4.79. The van der Waals surface area contributed by atoms with E-state index in [1.807, 2.05) is 12.1 Å². The van der Waals surface area contributed by atoms with Gasteiger partial charge in [0.25, 0.3) is 0 Å². The van der Waals surface area contributed by atoms with E-state index in [-0.39, 0.29) is 36.2 Å². The molecule has 1 aromatic carbocycles. The lowest BCUT2D eigenvalue weighted by atomic mass is 9.75. The van der Waals surface area contributed by atoms with Gasteiger partial charge in [0, 0.05) is 43.4 Å². The number of amides is 2. The first kappa shape index (κ1) is 17.9. The number of ether oxygens (including phenoxy) is 3. The highest BCUT2D eigenvalue weighted by atomic mass is 16.5. The van der Waals surface area contributed by atoms with Gasteiger partial charge in [0.1, 0.15) is 11.8 Å². The van der Waals surface area contributed by atoms with Crippen molar-refractivity contribution in [3.8, 4) is 17.2 Å². The van der Waals surface area contributed by atoms with Crippen LogP contribution in [-0.4, -0.2) is 51.4 Å². The molecule has 1 aromatic rings. The van der Waals surface area contributed by atoms with Gasteiger partial charge in [-0.05, 0) is 6.07 Å². The van der Waals surface area contributed by atoms with E-state index >= 15 is 0 Å². The van der Waals surface area contributed by atoms with Gasteiger partial charge in [-0.15, -0.1) is 0 Å². The molecule has 0 saturated carbocycles. The quantitative estimate of drug-likeness (QED) is 0.570. The lowest BCUT2D eigenvalue weighted by Gasteiger charge is -2.36. The molecule has 0 bridgehead atoms. The van der Waals surface area contributed by atoms with E-state index in [4.69, 9.17) is 14.2 Å². The average molecular weight is 376 g/mol. The lowest BCUT2D eigenvalue weighted by Crippen LogP contribution is -2.53. The largest absolute Gasteiger partial charge is 0.496 e. The molecule has 9 heteroatoms. The normalized spacial score (nSPS) is 29.3. The maximum absolute atomic E-state index is 12.4. The summed E-state index contributed by atoms with van der Waals surface area (Å²) in [6.45, 7) is 1.15. The molecule has 4 unspecified atom stereocenters. The zero-order valence-electron chi connectivity index (χ0n) is 15.3. The second-order valence-corrected chi connectivity index (χ2v) is 6.91. The number of benzene rings is 1. The standard InChI is InChI=1S/C18H24N4O5/c1-19-18(24)16-15-10(7-14(23)20-17(15)22-21-16)9-6-12-13(8-11(9)25-2)27-5-3-4-26-12/h6,8,10,15-17,21-22H,3-5,7H2,1-2H3,(H,19,24)(H,20,23). The highest BCUT2D eigenvalue weighted by Crippen LogP contribution is 2.45. The lowest BCUT2D eigenvalue weighted by molar-refractivity contribution is -0.128. The van der Waals surface area contributed by atoms with Gasteiger partial charge in [-0.25, -0.2) is 10.9 Å². The summed E-state index contributed by atoms with van der Waals surface area (Å²) in [7, 11) is 3.19. The number of nitrogens with one attached hydrogen (secondary N) is 4. The van der Waals surface area contributed by atoms with E-state index < -0.39 is 6.04 Å². The molecule has 0 aromatic heterocycles. The van der Waals surface area contributed by atoms with Gasteiger partial charge in [0.2, 0.25) is 11.8 Å². The Bertz CT molecular complexity index is 756. The SMILES string of the molecule is CNC(=O)C1NNC2NC(=O)CC(c3cc4c(cc3OC)OCCCO4)C21. The highest BCUT2D eigenvalue weighted by molar-refractivity contribution is 5.84. The fourth-order valence-electron chi connectivity index (χ4n) is 4.12. The fourth-order valence-corrected chi connectivity index (χ4v) is 4.12. The summed E-state index contributed by atoms with van der Waals surface area (Å²) in [6.07, 6.45) is 0.711. The van der Waals surface area contributed by atoms with Crippen molar-refractivity contribution in [3.63, 3.8) is 0 Å². The number of hydrogen-bond acceptors (Lipinski definition) is 7. The average Bonchev–Trinajstić information content (AvgIpc) is 2.96. The summed E-state index contributed by atoms with van der Waals surface area (Å²) in [5.74, 6) is 1.28. The Morgan fingerprint density at radius 2 is 1.96 bits per heavy atom. The summed E-state index contributed by atoms with van der Waals surface area (Å²) >= 11 is 0. The van der Waals surface area contributed by atoms with Crippen LogP contribution in [0.3, 0.4) is 0 Å². The maximum atomic E-state index is 12.4. The zero-order chi connectivity index (χ0) is 19.0. The maximum Gasteiger partial charge on any atom is 0.238 e. The second-order valence-electron chi connectivity index (χ2n) is 6.91.